The van der Waals surface area contributed by atoms with Gasteiger partial charge in [-0.3, -0.25) is 9.59 Å². The van der Waals surface area contributed by atoms with Gasteiger partial charge in [-0.25, -0.2) is 0 Å². The first-order valence-electron chi connectivity index (χ1n) is 10.3. The quantitative estimate of drug-likeness (QED) is 0.726. The van der Waals surface area contributed by atoms with Gasteiger partial charge in [-0.15, -0.1) is 0 Å². The van der Waals surface area contributed by atoms with E-state index < -0.39 is 0 Å². The van der Waals surface area contributed by atoms with Crippen molar-refractivity contribution in [2.75, 3.05) is 7.11 Å². The lowest BCUT2D eigenvalue weighted by atomic mass is 9.52. The number of carbonyl (C=O) groups is 2. The van der Waals surface area contributed by atoms with Crippen LogP contribution in [0.1, 0.15) is 51.5 Å². The van der Waals surface area contributed by atoms with Gasteiger partial charge in [0, 0.05) is 35.0 Å². The molecule has 5 rings (SSSR count). The molecule has 0 saturated heterocycles. The highest BCUT2D eigenvalue weighted by molar-refractivity contribution is 6.01. The van der Waals surface area contributed by atoms with Crippen LogP contribution in [0.4, 0.5) is 0 Å². The summed E-state index contributed by atoms with van der Waals surface area (Å²) in [6.45, 7) is 4.30. The van der Waals surface area contributed by atoms with E-state index in [9.17, 15) is 9.59 Å². The first-order valence-corrected chi connectivity index (χ1v) is 10.3. The number of benzene rings is 1. The second-order valence-electron chi connectivity index (χ2n) is 9.44. The summed E-state index contributed by atoms with van der Waals surface area (Å²) in [5, 5.41) is 0. The average molecular weight is 364 g/mol. The van der Waals surface area contributed by atoms with E-state index in [-0.39, 0.29) is 34.0 Å². The van der Waals surface area contributed by atoms with E-state index in [1.165, 1.54) is 12.0 Å². The highest BCUT2D eigenvalue weighted by atomic mass is 16.5. The van der Waals surface area contributed by atoms with Gasteiger partial charge in [0.1, 0.15) is 17.3 Å². The fourth-order valence-electron chi connectivity index (χ4n) is 7.50. The van der Waals surface area contributed by atoms with Gasteiger partial charge in [0.15, 0.2) is 0 Å². The first-order chi connectivity index (χ1) is 12.9. The fourth-order valence-corrected chi connectivity index (χ4v) is 7.50. The number of hydrogen-bond acceptors (Lipinski definition) is 3. The van der Waals surface area contributed by atoms with Crippen LogP contribution in [0.25, 0.3) is 0 Å². The molecule has 0 amide bonds. The molecule has 6 atom stereocenters. The third kappa shape index (κ3) is 1.75. The molecule has 1 aromatic rings. The van der Waals surface area contributed by atoms with E-state index in [4.69, 9.17) is 4.74 Å². The topological polar surface area (TPSA) is 43.4 Å². The van der Waals surface area contributed by atoms with Crippen LogP contribution >= 0.6 is 0 Å². The van der Waals surface area contributed by atoms with Crippen molar-refractivity contribution in [3.05, 3.63) is 42.0 Å². The Morgan fingerprint density at radius 3 is 2.41 bits per heavy atom. The maximum atomic E-state index is 13.5. The van der Waals surface area contributed by atoms with Crippen molar-refractivity contribution in [3.8, 4) is 5.75 Å². The Bertz CT molecular complexity index is 853. The Morgan fingerprint density at radius 1 is 1.00 bits per heavy atom. The van der Waals surface area contributed by atoms with Crippen LogP contribution in [-0.4, -0.2) is 18.7 Å². The summed E-state index contributed by atoms with van der Waals surface area (Å²) in [5.74, 6) is 0.929. The minimum atomic E-state index is -0.369. The molecule has 2 bridgehead atoms. The zero-order valence-electron chi connectivity index (χ0n) is 16.5. The predicted octanol–water partition coefficient (Wildman–Crippen LogP) is 4.49. The smallest absolute Gasteiger partial charge is 0.141 e. The molecule has 0 aromatic heterocycles. The largest absolute Gasteiger partial charge is 0.497 e. The van der Waals surface area contributed by atoms with E-state index in [0.29, 0.717) is 18.0 Å². The number of ether oxygens (including phenoxy) is 1. The molecule has 3 nitrogen and oxygen atoms in total. The number of methoxy groups -OCH3 is 1. The number of rotatable bonds is 2. The minimum Gasteiger partial charge on any atom is -0.497 e. The molecule has 1 aromatic carbocycles. The fraction of sp³-hybridized carbons (Fsp3) is 0.583. The molecular formula is C24H28O3. The molecule has 3 heteroatoms. The number of carbonyl (C=O) groups excluding carboxylic acids is 2. The molecule has 0 N–H and O–H groups in total. The van der Waals surface area contributed by atoms with Gasteiger partial charge < -0.3 is 4.74 Å². The second kappa shape index (κ2) is 5.33. The lowest BCUT2D eigenvalue weighted by Gasteiger charge is -2.50. The summed E-state index contributed by atoms with van der Waals surface area (Å²) in [4.78, 5) is 26.8. The Kier molecular flexibility index (Phi) is 3.40. The predicted molar refractivity (Wildman–Crippen MR) is 104 cm³/mol. The number of ketones is 2. The third-order valence-corrected chi connectivity index (χ3v) is 8.69. The average Bonchev–Trinajstić information content (AvgIpc) is 3.06. The first kappa shape index (κ1) is 17.2. The number of fused-ring (bicyclic) bond motifs is 2. The monoisotopic (exact) mass is 364 g/mol. The molecule has 0 radical (unpaired) electrons. The summed E-state index contributed by atoms with van der Waals surface area (Å²) in [6, 6.07) is 8.24. The van der Waals surface area contributed by atoms with Crippen LogP contribution in [-0.2, 0) is 15.0 Å². The summed E-state index contributed by atoms with van der Waals surface area (Å²) in [6.07, 6.45) is 9.53. The maximum absolute atomic E-state index is 13.5. The normalized spacial score (nSPS) is 44.9. The van der Waals surface area contributed by atoms with Crippen molar-refractivity contribution in [2.24, 2.45) is 28.6 Å². The molecule has 4 aliphatic rings. The number of allylic oxidation sites excluding steroid dienone is 2. The van der Waals surface area contributed by atoms with Crippen molar-refractivity contribution < 1.29 is 14.3 Å². The van der Waals surface area contributed by atoms with Crippen molar-refractivity contribution in [2.45, 2.75) is 51.4 Å². The molecule has 0 spiro atoms. The zero-order valence-corrected chi connectivity index (χ0v) is 16.5. The Morgan fingerprint density at radius 2 is 1.70 bits per heavy atom. The van der Waals surface area contributed by atoms with Crippen molar-refractivity contribution in [1.29, 1.82) is 0 Å². The lowest BCUT2D eigenvalue weighted by Crippen LogP contribution is -2.49. The van der Waals surface area contributed by atoms with Crippen LogP contribution in [0.2, 0.25) is 0 Å². The van der Waals surface area contributed by atoms with Crippen LogP contribution in [0.5, 0.6) is 5.75 Å². The molecule has 27 heavy (non-hydrogen) atoms. The van der Waals surface area contributed by atoms with Gasteiger partial charge in [0.25, 0.3) is 0 Å². The van der Waals surface area contributed by atoms with Gasteiger partial charge in [0.2, 0.25) is 0 Å². The maximum Gasteiger partial charge on any atom is 0.141 e. The molecule has 4 aliphatic carbocycles. The van der Waals surface area contributed by atoms with Crippen molar-refractivity contribution in [3.63, 3.8) is 0 Å². The standard InChI is InChI=1S/C24H28O3/c1-15-14-18(25)19-20(21(15)26)24(16-6-8-17(27-3)9-7-16)13-12-23(19)11-5-4-10-22(23,24)2/h6-9,12-13,15,19-20H,4-5,10-11,14H2,1-3H3/t15-,19-,20-,22-,23-,24+/m0/s1. The van der Waals surface area contributed by atoms with E-state index in [0.717, 1.165) is 25.0 Å². The molecule has 0 unspecified atom stereocenters. The molecule has 3 fully saturated rings. The summed E-state index contributed by atoms with van der Waals surface area (Å²) in [5.41, 5.74) is 0.583. The van der Waals surface area contributed by atoms with Gasteiger partial charge in [-0.05, 0) is 36.0 Å². The van der Waals surface area contributed by atoms with Gasteiger partial charge in [0.05, 0.1) is 7.11 Å². The van der Waals surface area contributed by atoms with Gasteiger partial charge in [-0.1, -0.05) is 51.0 Å². The van der Waals surface area contributed by atoms with Crippen LogP contribution in [0.3, 0.4) is 0 Å². The highest BCUT2D eigenvalue weighted by Gasteiger charge is 2.78. The molecule has 0 heterocycles. The molecule has 142 valence electrons. The minimum absolute atomic E-state index is 0.0719. The number of hydrogen-bond donors (Lipinski definition) is 0. The van der Waals surface area contributed by atoms with E-state index in [1.807, 2.05) is 19.1 Å². The van der Waals surface area contributed by atoms with Crippen molar-refractivity contribution >= 4 is 11.6 Å². The van der Waals surface area contributed by atoms with Crippen molar-refractivity contribution in [1.82, 2.24) is 0 Å². The SMILES string of the molecule is COc1ccc([C@@]23C=C[C@@]4(CCCC[C@@]42C)[C@H]2C(=O)C[C@H](C)C(=O)[C@H]23)cc1. The van der Waals surface area contributed by atoms with Gasteiger partial charge in [-0.2, -0.15) is 0 Å². The molecule has 3 saturated carbocycles. The van der Waals surface area contributed by atoms with Crippen LogP contribution in [0.15, 0.2) is 36.4 Å². The Balaban J connectivity index is 1.78. The second-order valence-corrected chi connectivity index (χ2v) is 9.44. The highest BCUT2D eigenvalue weighted by Crippen LogP contribution is 2.79. The Hall–Kier alpha value is -1.90. The summed E-state index contributed by atoms with van der Waals surface area (Å²) in [7, 11) is 1.67. The van der Waals surface area contributed by atoms with Gasteiger partial charge >= 0.3 is 0 Å². The summed E-state index contributed by atoms with van der Waals surface area (Å²) >= 11 is 0. The Labute approximate surface area is 161 Å². The zero-order chi connectivity index (χ0) is 19.0. The van der Waals surface area contributed by atoms with E-state index in [1.54, 1.807) is 7.11 Å². The summed E-state index contributed by atoms with van der Waals surface area (Å²) < 4.78 is 5.36. The van der Waals surface area contributed by atoms with E-state index in [2.05, 4.69) is 31.2 Å². The van der Waals surface area contributed by atoms with Crippen LogP contribution < -0.4 is 4.74 Å². The van der Waals surface area contributed by atoms with E-state index >= 15 is 0 Å². The molecular weight excluding hydrogens is 336 g/mol. The lowest BCUT2D eigenvalue weighted by molar-refractivity contribution is -0.144. The van der Waals surface area contributed by atoms with Crippen LogP contribution in [0, 0.1) is 28.6 Å². The number of Topliss-reactive ketones (excluding diaryl/α,β-unsaturated/α-hetero) is 2. The third-order valence-electron chi connectivity index (χ3n) is 8.69. The molecule has 0 aliphatic heterocycles.